The van der Waals surface area contributed by atoms with Crippen molar-refractivity contribution >= 4 is 88.0 Å². The predicted molar refractivity (Wildman–Crippen MR) is 158 cm³/mol. The van der Waals surface area contributed by atoms with E-state index in [4.69, 9.17) is 23.2 Å². The highest BCUT2D eigenvalue weighted by Crippen LogP contribution is 2.41. The molecule has 1 saturated heterocycles. The highest BCUT2D eigenvalue weighted by atomic mass is 35.5. The highest BCUT2D eigenvalue weighted by Gasteiger charge is 2.53. The highest BCUT2D eigenvalue weighted by molar-refractivity contribution is 8.00. The fourth-order valence-electron chi connectivity index (χ4n) is 3.77. The number of allylic oxidation sites excluding steroid dienone is 1. The van der Waals surface area contributed by atoms with Crippen molar-refractivity contribution < 1.29 is 19.5 Å². The van der Waals surface area contributed by atoms with Crippen molar-refractivity contribution in [1.82, 2.24) is 25.2 Å². The van der Waals surface area contributed by atoms with E-state index in [1.54, 1.807) is 30.0 Å². The molecule has 2 aromatic rings. The summed E-state index contributed by atoms with van der Waals surface area (Å²) >= 11 is 17.5. The van der Waals surface area contributed by atoms with Crippen LogP contribution in [0.2, 0.25) is 10.3 Å². The topological polar surface area (TPSA) is 125 Å². The maximum Gasteiger partial charge on any atom is 0.352 e. The summed E-state index contributed by atoms with van der Waals surface area (Å²) in [5.41, 5.74) is 1.39. The lowest BCUT2D eigenvalue weighted by Gasteiger charge is -2.49. The molecule has 0 bridgehead atoms. The van der Waals surface area contributed by atoms with Gasteiger partial charge < -0.3 is 10.4 Å². The van der Waals surface area contributed by atoms with Crippen LogP contribution < -0.4 is 5.32 Å². The number of nitrogens with one attached hydrogen (secondary N) is 1. The van der Waals surface area contributed by atoms with E-state index in [1.807, 2.05) is 26.0 Å². The Morgan fingerprint density at radius 2 is 1.92 bits per heavy atom. The maximum absolute atomic E-state index is 12.9. The second kappa shape index (κ2) is 13.6. The summed E-state index contributed by atoms with van der Waals surface area (Å²) in [4.78, 5) is 52.2. The average Bonchev–Trinajstić information content (AvgIpc) is 2.87. The van der Waals surface area contributed by atoms with Gasteiger partial charge in [0.05, 0.1) is 5.75 Å². The molecular formula is C24H23Cl2N5O4S4. The van der Waals surface area contributed by atoms with Gasteiger partial charge in [-0.2, -0.15) is 0 Å². The number of carbonyl (C=O) groups excluding carboxylic acids is 2. The molecule has 1 fully saturated rings. The van der Waals surface area contributed by atoms with E-state index in [9.17, 15) is 19.5 Å². The molecule has 206 valence electrons. The van der Waals surface area contributed by atoms with E-state index in [2.05, 4.69) is 20.3 Å². The fraction of sp³-hybridized carbons (Fsp3) is 0.333. The van der Waals surface area contributed by atoms with Gasteiger partial charge in [0.1, 0.15) is 32.4 Å². The van der Waals surface area contributed by atoms with Crippen molar-refractivity contribution in [2.75, 3.05) is 23.0 Å². The number of aliphatic carboxylic acids is 1. The Kier molecular flexibility index (Phi) is 10.5. The van der Waals surface area contributed by atoms with Crippen LogP contribution in [0.5, 0.6) is 0 Å². The van der Waals surface area contributed by atoms with Crippen molar-refractivity contribution in [3.05, 3.63) is 57.6 Å². The molecule has 0 aromatic carbocycles. The van der Waals surface area contributed by atoms with Crippen molar-refractivity contribution in [3.63, 3.8) is 0 Å². The molecule has 0 unspecified atom stereocenters. The molecule has 0 spiro atoms. The molecule has 15 heteroatoms. The third-order valence-corrected chi connectivity index (χ3v) is 9.61. The van der Waals surface area contributed by atoms with Gasteiger partial charge in [0.2, 0.25) is 5.91 Å². The Hall–Kier alpha value is -1.90. The number of thioether (sulfide) groups is 4. The largest absolute Gasteiger partial charge is 0.477 e. The normalized spacial score (nSPS) is 18.8. The first-order chi connectivity index (χ1) is 18.7. The van der Waals surface area contributed by atoms with Gasteiger partial charge in [-0.05, 0) is 36.4 Å². The molecule has 0 aliphatic carbocycles. The van der Waals surface area contributed by atoms with E-state index in [0.717, 1.165) is 21.6 Å². The maximum atomic E-state index is 12.9. The number of hydrogen-bond acceptors (Lipinski definition) is 10. The zero-order valence-corrected chi connectivity index (χ0v) is 25.5. The first-order valence-corrected chi connectivity index (χ1v) is 16.4. The molecule has 2 atom stereocenters. The van der Waals surface area contributed by atoms with Crippen LogP contribution in [-0.4, -0.2) is 77.2 Å². The van der Waals surface area contributed by atoms with E-state index >= 15 is 0 Å². The zero-order valence-electron chi connectivity index (χ0n) is 20.7. The third kappa shape index (κ3) is 7.65. The van der Waals surface area contributed by atoms with Crippen molar-refractivity contribution in [1.29, 1.82) is 0 Å². The van der Waals surface area contributed by atoms with Gasteiger partial charge in [0, 0.05) is 22.1 Å². The Balaban J connectivity index is 1.35. The van der Waals surface area contributed by atoms with Crippen LogP contribution in [0.15, 0.2) is 56.7 Å². The monoisotopic (exact) mass is 643 g/mol. The first-order valence-electron chi connectivity index (χ1n) is 11.6. The Bertz CT molecular complexity index is 1340. The van der Waals surface area contributed by atoms with E-state index < -0.39 is 23.3 Å². The fourth-order valence-corrected chi connectivity index (χ4v) is 7.90. The standard InChI is InChI=1S/C24H23Cl2N5O4S4/c1-3-36-24-27-12(2)7-18(30-24)37-6-4-5-13-10-39-22-19(21(33)31(22)20(13)23(34)35)29-17(32)11-38-14-8-15(25)28-16(26)9-14/h4-5,7-9,19,22H,3,6,10-11H2,1-2H3,(H,29,32)(H,34,35)/t19-,22-/m1/s1. The second-order valence-corrected chi connectivity index (χ2v) is 13.3. The number of carboxylic acid groups (broad SMARTS) is 1. The first kappa shape index (κ1) is 30.1. The second-order valence-electron chi connectivity index (χ2n) is 8.15. The number of fused-ring (bicyclic) bond motifs is 1. The average molecular weight is 645 g/mol. The van der Waals surface area contributed by atoms with E-state index in [-0.39, 0.29) is 27.7 Å². The van der Waals surface area contributed by atoms with Crippen molar-refractivity contribution in [2.24, 2.45) is 0 Å². The van der Waals surface area contributed by atoms with Crippen LogP contribution in [0.1, 0.15) is 12.6 Å². The van der Waals surface area contributed by atoms with Crippen LogP contribution >= 0.6 is 70.2 Å². The molecule has 2 aliphatic rings. The van der Waals surface area contributed by atoms with Gasteiger partial charge in [-0.1, -0.05) is 54.0 Å². The summed E-state index contributed by atoms with van der Waals surface area (Å²) in [6.07, 6.45) is 3.61. The van der Waals surface area contributed by atoms with Crippen LogP contribution in [0.4, 0.5) is 0 Å². The molecule has 4 heterocycles. The summed E-state index contributed by atoms with van der Waals surface area (Å²) in [5.74, 6) is -0.0863. The predicted octanol–water partition coefficient (Wildman–Crippen LogP) is 4.78. The van der Waals surface area contributed by atoms with Crippen molar-refractivity contribution in [3.8, 4) is 0 Å². The van der Waals surface area contributed by atoms with Gasteiger partial charge in [-0.15, -0.1) is 35.3 Å². The number of rotatable bonds is 11. The third-order valence-electron chi connectivity index (χ3n) is 5.35. The number of pyridine rings is 1. The summed E-state index contributed by atoms with van der Waals surface area (Å²) in [6, 6.07) is 4.30. The van der Waals surface area contributed by atoms with Gasteiger partial charge in [-0.25, -0.2) is 19.7 Å². The van der Waals surface area contributed by atoms with Crippen LogP contribution in [0, 0.1) is 6.92 Å². The summed E-state index contributed by atoms with van der Waals surface area (Å²) in [6.45, 7) is 3.97. The molecule has 2 amide bonds. The van der Waals surface area contributed by atoms with Gasteiger partial charge in [0.15, 0.2) is 5.16 Å². The molecule has 39 heavy (non-hydrogen) atoms. The smallest absolute Gasteiger partial charge is 0.352 e. The van der Waals surface area contributed by atoms with Gasteiger partial charge in [0.25, 0.3) is 5.91 Å². The lowest BCUT2D eigenvalue weighted by molar-refractivity contribution is -0.150. The summed E-state index contributed by atoms with van der Waals surface area (Å²) < 4.78 is 0. The van der Waals surface area contributed by atoms with E-state index in [0.29, 0.717) is 22.0 Å². The minimum Gasteiger partial charge on any atom is -0.477 e. The lowest BCUT2D eigenvalue weighted by atomic mass is 10.0. The van der Waals surface area contributed by atoms with Crippen LogP contribution in [0.3, 0.4) is 0 Å². The Morgan fingerprint density at radius 3 is 2.62 bits per heavy atom. The van der Waals surface area contributed by atoms with E-state index in [1.165, 1.54) is 40.2 Å². The molecule has 0 radical (unpaired) electrons. The number of aromatic nitrogens is 3. The van der Waals surface area contributed by atoms with Crippen molar-refractivity contribution in [2.45, 2.75) is 40.3 Å². The molecule has 2 N–H and O–H groups in total. The van der Waals surface area contributed by atoms with Crippen LogP contribution in [0.25, 0.3) is 0 Å². The summed E-state index contributed by atoms with van der Waals surface area (Å²) in [7, 11) is 0. The number of carboxylic acids is 1. The SMILES string of the molecule is CCSc1nc(C)cc(SCC=CC2=C(C(=O)O)N3C(=O)[C@@H](NC(=O)CSc4cc(Cl)nc(Cl)c4)[C@H]3SC2)n1. The lowest BCUT2D eigenvalue weighted by Crippen LogP contribution is -2.70. The number of hydrogen-bond donors (Lipinski definition) is 2. The van der Waals surface area contributed by atoms with Gasteiger partial charge in [-0.3, -0.25) is 14.5 Å². The molecule has 9 nitrogen and oxygen atoms in total. The Morgan fingerprint density at radius 1 is 1.18 bits per heavy atom. The Labute approximate surface area is 252 Å². The zero-order chi connectivity index (χ0) is 28.1. The van der Waals surface area contributed by atoms with Crippen LogP contribution in [-0.2, 0) is 14.4 Å². The number of amides is 2. The molecule has 0 saturated carbocycles. The number of aryl methyl sites for hydroxylation is 1. The molecular weight excluding hydrogens is 621 g/mol. The number of carbonyl (C=O) groups is 3. The minimum atomic E-state index is -1.18. The molecule has 4 rings (SSSR count). The number of β-lactam (4-membered cyclic amide) rings is 1. The summed E-state index contributed by atoms with van der Waals surface area (Å²) in [5, 5.41) is 14.1. The van der Waals surface area contributed by atoms with Gasteiger partial charge >= 0.3 is 5.97 Å². The number of halogens is 2. The quantitative estimate of drug-likeness (QED) is 0.115. The minimum absolute atomic E-state index is 0.0373. The molecule has 2 aromatic heterocycles. The molecule has 2 aliphatic heterocycles. The number of nitrogens with zero attached hydrogens (tertiary/aromatic N) is 4.